The summed E-state index contributed by atoms with van der Waals surface area (Å²) >= 11 is 0. The van der Waals surface area contributed by atoms with Gasteiger partial charge in [0.15, 0.2) is 12.4 Å². The van der Waals surface area contributed by atoms with Crippen molar-refractivity contribution in [3.63, 3.8) is 0 Å². The minimum absolute atomic E-state index is 0.151. The Morgan fingerprint density at radius 3 is 1.47 bits per heavy atom. The molecule has 13 heteroatoms. The molecule has 0 radical (unpaired) electrons. The van der Waals surface area contributed by atoms with Crippen LogP contribution in [0, 0.1) is 0 Å². The van der Waals surface area contributed by atoms with Gasteiger partial charge < -0.3 is 34.3 Å². The molecule has 364 valence electrons. The van der Waals surface area contributed by atoms with Gasteiger partial charge in [-0.25, -0.2) is 0 Å². The first kappa shape index (κ1) is 58.1. The number of rotatable bonds is 42. The fourth-order valence-corrected chi connectivity index (χ4v) is 8.33. The average molecular weight is 903 g/mol. The molecule has 1 fully saturated rings. The van der Waals surface area contributed by atoms with E-state index in [4.69, 9.17) is 18.9 Å². The number of hydrogen-bond donors (Lipinski definition) is 4. The highest BCUT2D eigenvalue weighted by molar-refractivity contribution is 7.85. The van der Waals surface area contributed by atoms with E-state index in [0.29, 0.717) is 12.8 Å². The molecule has 0 aromatic heterocycles. The van der Waals surface area contributed by atoms with Crippen molar-refractivity contribution in [1.82, 2.24) is 0 Å². The number of unbranched alkanes of at least 4 members (excludes halogenated alkanes) is 26. The first-order valence-corrected chi connectivity index (χ1v) is 26.5. The molecule has 1 rings (SSSR count). The van der Waals surface area contributed by atoms with Crippen molar-refractivity contribution in [2.75, 3.05) is 19.0 Å². The van der Waals surface area contributed by atoms with E-state index >= 15 is 0 Å². The molecule has 0 spiro atoms. The topological polar surface area (TPSA) is 186 Å². The third-order valence-electron chi connectivity index (χ3n) is 11.5. The average Bonchev–Trinajstić information content (AvgIpc) is 3.24. The maximum atomic E-state index is 12.8. The number of carbonyl (C=O) groups is 2. The normalized spacial score (nSPS) is 20.0. The first-order chi connectivity index (χ1) is 30.0. The van der Waals surface area contributed by atoms with Crippen molar-refractivity contribution in [2.24, 2.45) is 0 Å². The zero-order valence-corrected chi connectivity index (χ0v) is 39.8. The van der Waals surface area contributed by atoms with Crippen molar-refractivity contribution in [1.29, 1.82) is 0 Å². The van der Waals surface area contributed by atoms with Crippen LogP contribution in [0.25, 0.3) is 0 Å². The summed E-state index contributed by atoms with van der Waals surface area (Å²) in [4.78, 5) is 25.5. The van der Waals surface area contributed by atoms with Gasteiger partial charge in [0.2, 0.25) is 0 Å². The lowest BCUT2D eigenvalue weighted by Gasteiger charge is -2.40. The number of esters is 2. The Balaban J connectivity index is 2.37. The lowest BCUT2D eigenvalue weighted by molar-refractivity contribution is -0.297. The molecule has 1 heterocycles. The Labute approximate surface area is 377 Å². The zero-order chi connectivity index (χ0) is 45.5. The number of ether oxygens (including phenoxy) is 4. The van der Waals surface area contributed by atoms with Crippen LogP contribution in [0.5, 0.6) is 0 Å². The lowest BCUT2D eigenvalue weighted by Crippen LogP contribution is -2.60. The van der Waals surface area contributed by atoms with Crippen LogP contribution in [-0.4, -0.2) is 96.0 Å². The Morgan fingerprint density at radius 1 is 0.548 bits per heavy atom. The van der Waals surface area contributed by atoms with Crippen molar-refractivity contribution < 1.29 is 56.8 Å². The summed E-state index contributed by atoms with van der Waals surface area (Å²) in [7, 11) is -4.60. The van der Waals surface area contributed by atoms with Gasteiger partial charge >= 0.3 is 11.9 Å². The standard InChI is InChI=1S/C49H90O12S/c1-3-5-7-9-11-13-15-17-19-20-21-22-23-24-26-27-29-31-33-35-37-44(50)58-39-42(40-59-49-48(54)47(53)46(52)43(61-49)41-62(55,56)57)60-45(51)38-36-34-32-30-28-25-18-16-14-12-10-8-6-4-2/h10,12,16,18,42-43,46-49,52-54H,3-9,11,13-15,17,19-41H2,1-2H3,(H,55,56,57)/b12-10+,18-16+/t42-,43-,46-,47?,48?,49+/m1/s1. The van der Waals surface area contributed by atoms with Crippen LogP contribution in [0.1, 0.15) is 219 Å². The molecular formula is C49H90O12S. The van der Waals surface area contributed by atoms with Gasteiger partial charge in [0.1, 0.15) is 36.8 Å². The molecule has 0 amide bonds. The zero-order valence-electron chi connectivity index (χ0n) is 39.0. The summed E-state index contributed by atoms with van der Waals surface area (Å²) in [6.45, 7) is 3.73. The van der Waals surface area contributed by atoms with Crippen LogP contribution >= 0.6 is 0 Å². The van der Waals surface area contributed by atoms with E-state index in [9.17, 15) is 37.9 Å². The fourth-order valence-electron chi connectivity index (χ4n) is 7.64. The Hall–Kier alpha value is -1.87. The number of hydrogen-bond acceptors (Lipinski definition) is 11. The third kappa shape index (κ3) is 33.6. The van der Waals surface area contributed by atoms with Gasteiger partial charge in [-0.1, -0.05) is 192 Å². The molecule has 1 saturated heterocycles. The maximum absolute atomic E-state index is 12.8. The largest absolute Gasteiger partial charge is 0.462 e. The molecule has 2 unspecified atom stereocenters. The second-order valence-corrected chi connectivity index (χ2v) is 19.0. The summed E-state index contributed by atoms with van der Waals surface area (Å²) in [5.41, 5.74) is 0. The Kier molecular flexibility index (Phi) is 37.0. The van der Waals surface area contributed by atoms with E-state index in [1.165, 1.54) is 116 Å². The molecule has 4 N–H and O–H groups in total. The number of allylic oxidation sites excluding steroid dienone is 4. The van der Waals surface area contributed by atoms with Crippen molar-refractivity contribution in [3.8, 4) is 0 Å². The van der Waals surface area contributed by atoms with Crippen LogP contribution in [0.3, 0.4) is 0 Å². The first-order valence-electron chi connectivity index (χ1n) is 24.9. The predicted molar refractivity (Wildman–Crippen MR) is 247 cm³/mol. The van der Waals surface area contributed by atoms with Crippen LogP contribution in [0.15, 0.2) is 24.3 Å². The number of aliphatic hydroxyl groups is 3. The fraction of sp³-hybridized carbons (Fsp3) is 0.878. The maximum Gasteiger partial charge on any atom is 0.306 e. The van der Waals surface area contributed by atoms with Gasteiger partial charge in [0, 0.05) is 12.8 Å². The Morgan fingerprint density at radius 2 is 0.984 bits per heavy atom. The van der Waals surface area contributed by atoms with Crippen LogP contribution in [0.2, 0.25) is 0 Å². The highest BCUT2D eigenvalue weighted by Gasteiger charge is 2.46. The smallest absolute Gasteiger partial charge is 0.306 e. The Bertz CT molecular complexity index is 1240. The van der Waals surface area contributed by atoms with Crippen molar-refractivity contribution in [3.05, 3.63) is 24.3 Å². The SMILES string of the molecule is CCCC/C=C/C/C=C/CCCCCCCC(=O)O[C@H](COC(=O)CCCCCCCCCCCCCCCCCCCCCC)CO[C@H]1O[C@H](CS(=O)(=O)O)[C@@H](O)C(O)C1O. The molecule has 1 aliphatic heterocycles. The van der Waals surface area contributed by atoms with E-state index in [-0.39, 0.29) is 19.4 Å². The molecule has 0 aromatic carbocycles. The lowest BCUT2D eigenvalue weighted by atomic mass is 10.00. The monoisotopic (exact) mass is 903 g/mol. The highest BCUT2D eigenvalue weighted by Crippen LogP contribution is 2.24. The van der Waals surface area contributed by atoms with Crippen LogP contribution in [-0.2, 0) is 38.7 Å². The van der Waals surface area contributed by atoms with E-state index < -0.39 is 71.2 Å². The van der Waals surface area contributed by atoms with E-state index in [0.717, 1.165) is 64.2 Å². The summed E-state index contributed by atoms with van der Waals surface area (Å²) in [5.74, 6) is -1.99. The molecule has 0 saturated carbocycles. The molecule has 0 bridgehead atoms. The van der Waals surface area contributed by atoms with E-state index in [1.807, 2.05) is 0 Å². The second kappa shape index (κ2) is 39.5. The molecule has 6 atom stereocenters. The van der Waals surface area contributed by atoms with Gasteiger partial charge in [-0.2, -0.15) is 8.42 Å². The van der Waals surface area contributed by atoms with Crippen molar-refractivity contribution in [2.45, 2.75) is 256 Å². The molecule has 0 aromatic rings. The summed E-state index contributed by atoms with van der Waals surface area (Å²) in [5, 5.41) is 30.9. The highest BCUT2D eigenvalue weighted by atomic mass is 32.2. The number of carbonyl (C=O) groups excluding carboxylic acids is 2. The molecule has 0 aliphatic carbocycles. The minimum atomic E-state index is -4.60. The van der Waals surface area contributed by atoms with E-state index in [2.05, 4.69) is 38.2 Å². The summed E-state index contributed by atoms with van der Waals surface area (Å²) < 4.78 is 54.1. The van der Waals surface area contributed by atoms with Crippen LogP contribution in [0.4, 0.5) is 0 Å². The summed E-state index contributed by atoms with van der Waals surface area (Å²) in [6.07, 6.45) is 35.1. The second-order valence-electron chi connectivity index (χ2n) is 17.5. The molecule has 12 nitrogen and oxygen atoms in total. The van der Waals surface area contributed by atoms with Gasteiger partial charge in [0.25, 0.3) is 10.1 Å². The van der Waals surface area contributed by atoms with Gasteiger partial charge in [-0.3, -0.25) is 14.1 Å². The number of aliphatic hydroxyl groups excluding tert-OH is 3. The quantitative estimate of drug-likeness (QED) is 0.0197. The van der Waals surface area contributed by atoms with Crippen LogP contribution < -0.4 is 0 Å². The minimum Gasteiger partial charge on any atom is -0.462 e. The van der Waals surface area contributed by atoms with Gasteiger partial charge in [-0.15, -0.1) is 0 Å². The molecule has 1 aliphatic rings. The summed E-state index contributed by atoms with van der Waals surface area (Å²) in [6, 6.07) is 0. The predicted octanol–water partition coefficient (Wildman–Crippen LogP) is 10.8. The third-order valence-corrected chi connectivity index (χ3v) is 12.3. The van der Waals surface area contributed by atoms with Gasteiger partial charge in [-0.05, 0) is 38.5 Å². The van der Waals surface area contributed by atoms with Crippen molar-refractivity contribution >= 4 is 22.1 Å². The molecule has 62 heavy (non-hydrogen) atoms. The van der Waals surface area contributed by atoms with Gasteiger partial charge in [0.05, 0.1) is 6.61 Å². The molecular weight excluding hydrogens is 813 g/mol. The van der Waals surface area contributed by atoms with E-state index in [1.54, 1.807) is 0 Å².